The summed E-state index contributed by atoms with van der Waals surface area (Å²) in [5.74, 6) is 0.375. The molecule has 200 valence electrons. The van der Waals surface area contributed by atoms with E-state index in [2.05, 4.69) is 44.7 Å². The third kappa shape index (κ3) is 6.06. The molecule has 37 heavy (non-hydrogen) atoms. The van der Waals surface area contributed by atoms with Gasteiger partial charge in [-0.2, -0.15) is 4.31 Å². The molecule has 0 aliphatic carbocycles. The number of carbonyl (C=O) groups is 1. The van der Waals surface area contributed by atoms with Crippen LogP contribution < -0.4 is 4.90 Å². The second-order valence-electron chi connectivity index (χ2n) is 10.0. The maximum atomic E-state index is 13.8. The molecule has 1 saturated heterocycles. The highest BCUT2D eigenvalue weighted by Crippen LogP contribution is 2.32. The fourth-order valence-corrected chi connectivity index (χ4v) is 7.48. The summed E-state index contributed by atoms with van der Waals surface area (Å²) in [7, 11) is -3.56. The number of carbonyl (C=O) groups excluding carboxylic acids is 1. The van der Waals surface area contributed by atoms with Crippen molar-refractivity contribution in [1.82, 2.24) is 14.2 Å². The second-order valence-corrected chi connectivity index (χ2v) is 13.0. The van der Waals surface area contributed by atoms with Crippen molar-refractivity contribution in [3.05, 3.63) is 53.1 Å². The highest BCUT2D eigenvalue weighted by atomic mass is 32.2. The molecule has 0 atom stereocenters. The van der Waals surface area contributed by atoms with Crippen molar-refractivity contribution in [2.75, 3.05) is 44.2 Å². The van der Waals surface area contributed by atoms with Crippen LogP contribution in [0.2, 0.25) is 0 Å². The number of aryl methyl sites for hydroxylation is 2. The molecule has 0 unspecified atom stereocenters. The molecule has 1 aliphatic rings. The Balaban J connectivity index is 1.62. The number of anilines is 1. The Morgan fingerprint density at radius 3 is 2.32 bits per heavy atom. The Morgan fingerprint density at radius 1 is 1.05 bits per heavy atom. The Bertz CT molecular complexity index is 1340. The normalized spacial score (nSPS) is 15.5. The van der Waals surface area contributed by atoms with E-state index in [9.17, 15) is 13.2 Å². The van der Waals surface area contributed by atoms with E-state index in [0.29, 0.717) is 36.2 Å². The number of nitrogens with zero attached hydrogens (tertiary/aromatic N) is 4. The van der Waals surface area contributed by atoms with Gasteiger partial charge < -0.3 is 4.90 Å². The minimum Gasteiger partial charge on any atom is -0.302 e. The van der Waals surface area contributed by atoms with Gasteiger partial charge in [0.1, 0.15) is 0 Å². The fourth-order valence-electron chi connectivity index (χ4n) is 4.84. The number of benzene rings is 2. The summed E-state index contributed by atoms with van der Waals surface area (Å²) in [5, 5.41) is 0.667. The number of piperidine rings is 1. The summed E-state index contributed by atoms with van der Waals surface area (Å²) < 4.78 is 28.9. The summed E-state index contributed by atoms with van der Waals surface area (Å²) in [6, 6.07) is 10.6. The smallest absolute Gasteiger partial charge is 0.260 e. The zero-order valence-corrected chi connectivity index (χ0v) is 24.2. The van der Waals surface area contributed by atoms with Crippen LogP contribution in [0.25, 0.3) is 10.2 Å². The average Bonchev–Trinajstić information content (AvgIpc) is 3.31. The van der Waals surface area contributed by atoms with E-state index in [1.54, 1.807) is 33.5 Å². The molecular formula is C28H38N4O3S2. The van der Waals surface area contributed by atoms with E-state index in [-0.39, 0.29) is 10.8 Å². The Labute approximate surface area is 225 Å². The van der Waals surface area contributed by atoms with Gasteiger partial charge in [0.2, 0.25) is 10.0 Å². The molecule has 4 rings (SSSR count). The van der Waals surface area contributed by atoms with Crippen LogP contribution in [0.5, 0.6) is 0 Å². The van der Waals surface area contributed by atoms with Gasteiger partial charge >= 0.3 is 0 Å². The molecule has 3 aromatic rings. The van der Waals surface area contributed by atoms with Crippen LogP contribution in [0, 0.1) is 19.8 Å². The summed E-state index contributed by atoms with van der Waals surface area (Å²) >= 11 is 1.52. The van der Waals surface area contributed by atoms with Crippen LogP contribution in [-0.4, -0.2) is 67.8 Å². The summed E-state index contributed by atoms with van der Waals surface area (Å²) in [4.78, 5) is 22.9. The molecule has 1 fully saturated rings. The number of thiazole rings is 1. The SMILES string of the molecule is CCN(CC)CCN(C(=O)c1ccc(S(=O)(=O)N2CCC(C)CC2)cc1)c1nc2c(C)cc(C)cc2s1. The summed E-state index contributed by atoms with van der Waals surface area (Å²) in [5.41, 5.74) is 3.64. The van der Waals surface area contributed by atoms with Crippen molar-refractivity contribution in [2.24, 2.45) is 5.92 Å². The first-order chi connectivity index (χ1) is 17.6. The van der Waals surface area contributed by atoms with Crippen LogP contribution in [0.15, 0.2) is 41.3 Å². The van der Waals surface area contributed by atoms with Crippen molar-refractivity contribution in [1.29, 1.82) is 0 Å². The third-order valence-electron chi connectivity index (χ3n) is 7.31. The van der Waals surface area contributed by atoms with E-state index in [0.717, 1.165) is 48.3 Å². The molecule has 9 heteroatoms. The van der Waals surface area contributed by atoms with Crippen molar-refractivity contribution in [2.45, 2.75) is 52.4 Å². The van der Waals surface area contributed by atoms with Gasteiger partial charge in [0.15, 0.2) is 5.13 Å². The summed E-state index contributed by atoms with van der Waals surface area (Å²) in [6.45, 7) is 14.6. The van der Waals surface area contributed by atoms with Gasteiger partial charge in [0.25, 0.3) is 5.91 Å². The van der Waals surface area contributed by atoms with Gasteiger partial charge in [0.05, 0.1) is 15.1 Å². The highest BCUT2D eigenvalue weighted by molar-refractivity contribution is 7.89. The number of aromatic nitrogens is 1. The molecule has 0 radical (unpaired) electrons. The Hall–Kier alpha value is -2.33. The molecule has 1 aromatic heterocycles. The number of sulfonamides is 1. The maximum absolute atomic E-state index is 13.8. The fraction of sp³-hybridized carbons (Fsp3) is 0.500. The van der Waals surface area contributed by atoms with E-state index >= 15 is 0 Å². The van der Waals surface area contributed by atoms with Crippen LogP contribution in [-0.2, 0) is 10.0 Å². The van der Waals surface area contributed by atoms with Crippen LogP contribution in [0.4, 0.5) is 5.13 Å². The van der Waals surface area contributed by atoms with E-state index < -0.39 is 10.0 Å². The number of hydrogen-bond donors (Lipinski definition) is 0. The van der Waals surface area contributed by atoms with Crippen LogP contribution in [0.1, 0.15) is 55.1 Å². The topological polar surface area (TPSA) is 73.8 Å². The zero-order chi connectivity index (χ0) is 26.7. The molecule has 0 N–H and O–H groups in total. The molecule has 2 heterocycles. The van der Waals surface area contributed by atoms with Crippen LogP contribution >= 0.6 is 11.3 Å². The standard InChI is InChI=1S/C28H38N4O3S2/c1-6-30(7-2)16-17-32(28-29-26-22(5)18-21(4)19-25(26)36-28)27(33)23-8-10-24(11-9-23)37(34,35)31-14-12-20(3)13-15-31/h8-11,18-20H,6-7,12-17H2,1-5H3. The van der Waals surface area contributed by atoms with Gasteiger partial charge in [-0.05, 0) is 87.2 Å². The second kappa shape index (κ2) is 11.6. The summed E-state index contributed by atoms with van der Waals surface area (Å²) in [6.07, 6.45) is 1.75. The molecular weight excluding hydrogens is 504 g/mol. The van der Waals surface area contributed by atoms with Crippen molar-refractivity contribution >= 4 is 42.6 Å². The van der Waals surface area contributed by atoms with Gasteiger partial charge in [-0.3, -0.25) is 9.69 Å². The third-order valence-corrected chi connectivity index (χ3v) is 10.2. The molecule has 0 spiro atoms. The Morgan fingerprint density at radius 2 is 1.70 bits per heavy atom. The molecule has 0 saturated carbocycles. The van der Waals surface area contributed by atoms with Gasteiger partial charge in [-0.1, -0.05) is 38.2 Å². The minimum absolute atomic E-state index is 0.170. The predicted molar refractivity (Wildman–Crippen MR) is 152 cm³/mol. The molecule has 0 bridgehead atoms. The molecule has 2 aromatic carbocycles. The maximum Gasteiger partial charge on any atom is 0.260 e. The number of hydrogen-bond acceptors (Lipinski definition) is 6. The van der Waals surface area contributed by atoms with Crippen molar-refractivity contribution < 1.29 is 13.2 Å². The lowest BCUT2D eigenvalue weighted by atomic mass is 10.0. The van der Waals surface area contributed by atoms with Gasteiger partial charge in [-0.25, -0.2) is 13.4 Å². The van der Waals surface area contributed by atoms with E-state index in [4.69, 9.17) is 4.98 Å². The lowest BCUT2D eigenvalue weighted by Crippen LogP contribution is -2.39. The zero-order valence-electron chi connectivity index (χ0n) is 22.5. The van der Waals surface area contributed by atoms with E-state index in [1.807, 2.05) is 6.92 Å². The monoisotopic (exact) mass is 542 g/mol. The lowest BCUT2D eigenvalue weighted by molar-refractivity contribution is 0.0983. The quantitative estimate of drug-likeness (QED) is 0.366. The molecule has 7 nitrogen and oxygen atoms in total. The van der Waals surface area contributed by atoms with Gasteiger partial charge in [-0.15, -0.1) is 0 Å². The van der Waals surface area contributed by atoms with Crippen molar-refractivity contribution in [3.63, 3.8) is 0 Å². The van der Waals surface area contributed by atoms with Gasteiger partial charge in [0, 0.05) is 31.7 Å². The van der Waals surface area contributed by atoms with Crippen molar-refractivity contribution in [3.8, 4) is 0 Å². The predicted octanol–water partition coefficient (Wildman–Crippen LogP) is 5.32. The first-order valence-electron chi connectivity index (χ1n) is 13.2. The van der Waals surface area contributed by atoms with E-state index in [1.165, 1.54) is 16.9 Å². The highest BCUT2D eigenvalue weighted by Gasteiger charge is 2.29. The molecule has 1 aliphatic heterocycles. The first kappa shape index (κ1) is 27.7. The molecule has 1 amide bonds. The number of fused-ring (bicyclic) bond motifs is 1. The number of amides is 1. The Kier molecular flexibility index (Phi) is 8.68. The minimum atomic E-state index is -3.56. The largest absolute Gasteiger partial charge is 0.302 e. The van der Waals surface area contributed by atoms with Crippen LogP contribution in [0.3, 0.4) is 0 Å². The first-order valence-corrected chi connectivity index (χ1v) is 15.4. The number of likely N-dealkylation sites (N-methyl/N-ethyl adjacent to an activating group) is 1. The number of rotatable bonds is 9. The average molecular weight is 543 g/mol. The lowest BCUT2D eigenvalue weighted by Gasteiger charge is -2.29.